The lowest BCUT2D eigenvalue weighted by Crippen LogP contribution is -2.56. The number of benzene rings is 1. The van der Waals surface area contributed by atoms with E-state index in [0.29, 0.717) is 0 Å². The average molecular weight is 367 g/mol. The molecule has 5 heteroatoms. The van der Waals surface area contributed by atoms with Gasteiger partial charge in [0.05, 0.1) is 5.69 Å². The maximum absolute atomic E-state index is 13.7. The third-order valence-electron chi connectivity index (χ3n) is 6.96. The van der Waals surface area contributed by atoms with Crippen molar-refractivity contribution >= 4 is 11.6 Å². The lowest BCUT2D eigenvalue weighted by molar-refractivity contribution is -0.122. The molecule has 0 radical (unpaired) electrons. The van der Waals surface area contributed by atoms with Crippen LogP contribution in [0.4, 0.5) is 10.1 Å². The Labute approximate surface area is 159 Å². The SMILES string of the molecule is CC(NC(=O)/C(C#N)=C\Nc1ccccc1F)C12CC3CC(CC(C3)C1)C2. The van der Waals surface area contributed by atoms with E-state index < -0.39 is 5.82 Å². The Morgan fingerprint density at radius 1 is 1.22 bits per heavy atom. The molecule has 1 atom stereocenters. The molecule has 2 N–H and O–H groups in total. The van der Waals surface area contributed by atoms with Gasteiger partial charge in [-0.1, -0.05) is 12.1 Å². The Morgan fingerprint density at radius 2 is 1.81 bits per heavy atom. The average Bonchev–Trinajstić information content (AvgIpc) is 2.62. The van der Waals surface area contributed by atoms with E-state index in [1.54, 1.807) is 18.2 Å². The highest BCUT2D eigenvalue weighted by atomic mass is 19.1. The van der Waals surface area contributed by atoms with Crippen molar-refractivity contribution in [2.24, 2.45) is 23.2 Å². The fourth-order valence-corrected chi connectivity index (χ4v) is 6.01. The second kappa shape index (κ2) is 6.99. The second-order valence-corrected chi connectivity index (χ2v) is 8.77. The minimum Gasteiger partial charge on any atom is -0.358 e. The van der Waals surface area contributed by atoms with Gasteiger partial charge in [0.1, 0.15) is 17.5 Å². The van der Waals surface area contributed by atoms with Crippen LogP contribution in [-0.4, -0.2) is 11.9 Å². The molecular weight excluding hydrogens is 341 g/mol. The molecule has 0 heterocycles. The Hall–Kier alpha value is -2.35. The van der Waals surface area contributed by atoms with E-state index in [2.05, 4.69) is 17.6 Å². The van der Waals surface area contributed by atoms with Crippen LogP contribution in [0.25, 0.3) is 0 Å². The monoisotopic (exact) mass is 367 g/mol. The third-order valence-corrected chi connectivity index (χ3v) is 6.96. The predicted octanol–water partition coefficient (Wildman–Crippen LogP) is 4.37. The van der Waals surface area contributed by atoms with Crippen LogP contribution in [0.15, 0.2) is 36.0 Å². The normalized spacial score (nSPS) is 32.6. The molecule has 5 rings (SSSR count). The number of nitrogens with one attached hydrogen (secondary N) is 2. The zero-order valence-corrected chi connectivity index (χ0v) is 15.7. The Kier molecular flexibility index (Phi) is 4.67. The van der Waals surface area contributed by atoms with E-state index in [1.165, 1.54) is 50.8 Å². The summed E-state index contributed by atoms with van der Waals surface area (Å²) in [7, 11) is 0. The van der Waals surface area contributed by atoms with Crippen LogP contribution in [0.1, 0.15) is 45.4 Å². The van der Waals surface area contributed by atoms with Crippen molar-refractivity contribution in [3.05, 3.63) is 41.9 Å². The molecule has 4 nitrogen and oxygen atoms in total. The molecular formula is C22H26FN3O. The maximum atomic E-state index is 13.7. The molecule has 4 bridgehead atoms. The van der Waals surface area contributed by atoms with Crippen LogP contribution >= 0.6 is 0 Å². The summed E-state index contributed by atoms with van der Waals surface area (Å²) in [6.45, 7) is 2.09. The Bertz CT molecular complexity index is 775. The molecule has 4 saturated carbocycles. The molecule has 0 aromatic heterocycles. The Morgan fingerprint density at radius 3 is 2.37 bits per heavy atom. The molecule has 1 aromatic rings. The van der Waals surface area contributed by atoms with Crippen molar-refractivity contribution in [2.75, 3.05) is 5.32 Å². The lowest BCUT2D eigenvalue weighted by atomic mass is 9.48. The first kappa shape index (κ1) is 18.0. The van der Waals surface area contributed by atoms with E-state index in [4.69, 9.17) is 0 Å². The van der Waals surface area contributed by atoms with Crippen LogP contribution in [0, 0.1) is 40.3 Å². The van der Waals surface area contributed by atoms with Crippen molar-refractivity contribution in [1.29, 1.82) is 5.26 Å². The number of carbonyl (C=O) groups is 1. The summed E-state index contributed by atoms with van der Waals surface area (Å²) < 4.78 is 13.7. The van der Waals surface area contributed by atoms with Crippen LogP contribution < -0.4 is 10.6 Å². The topological polar surface area (TPSA) is 64.9 Å². The summed E-state index contributed by atoms with van der Waals surface area (Å²) in [5, 5.41) is 15.2. The van der Waals surface area contributed by atoms with Crippen molar-refractivity contribution in [3.8, 4) is 6.07 Å². The number of halogens is 1. The summed E-state index contributed by atoms with van der Waals surface area (Å²) in [5.74, 6) is 1.62. The summed E-state index contributed by atoms with van der Waals surface area (Å²) in [6, 6.07) is 8.16. The molecule has 0 spiro atoms. The second-order valence-electron chi connectivity index (χ2n) is 8.77. The maximum Gasteiger partial charge on any atom is 0.263 e. The van der Waals surface area contributed by atoms with Crippen LogP contribution in [0.5, 0.6) is 0 Å². The number of rotatable bonds is 5. The Balaban J connectivity index is 1.44. The lowest BCUT2D eigenvalue weighted by Gasteiger charge is -2.59. The van der Waals surface area contributed by atoms with Gasteiger partial charge in [-0.05, 0) is 80.8 Å². The summed E-state index contributed by atoms with van der Waals surface area (Å²) in [5.41, 5.74) is 0.395. The van der Waals surface area contributed by atoms with Gasteiger partial charge in [-0.15, -0.1) is 0 Å². The zero-order valence-electron chi connectivity index (χ0n) is 15.7. The molecule has 1 unspecified atom stereocenters. The van der Waals surface area contributed by atoms with Gasteiger partial charge in [0, 0.05) is 12.2 Å². The van der Waals surface area contributed by atoms with Gasteiger partial charge in [-0.2, -0.15) is 5.26 Å². The number of carbonyl (C=O) groups excluding carboxylic acids is 1. The fourth-order valence-electron chi connectivity index (χ4n) is 6.01. The van der Waals surface area contributed by atoms with E-state index in [9.17, 15) is 14.4 Å². The van der Waals surface area contributed by atoms with Gasteiger partial charge in [-0.25, -0.2) is 4.39 Å². The van der Waals surface area contributed by atoms with E-state index >= 15 is 0 Å². The number of anilines is 1. The molecule has 142 valence electrons. The highest BCUT2D eigenvalue weighted by molar-refractivity contribution is 5.97. The third kappa shape index (κ3) is 3.45. The summed E-state index contributed by atoms with van der Waals surface area (Å²) in [4.78, 5) is 12.6. The number of hydrogen-bond acceptors (Lipinski definition) is 3. The van der Waals surface area contributed by atoms with Crippen molar-refractivity contribution in [1.82, 2.24) is 5.32 Å². The molecule has 0 saturated heterocycles. The van der Waals surface area contributed by atoms with Crippen LogP contribution in [-0.2, 0) is 4.79 Å². The molecule has 4 aliphatic carbocycles. The minimum atomic E-state index is -0.423. The zero-order chi connectivity index (χ0) is 19.0. The van der Waals surface area contributed by atoms with Gasteiger partial charge < -0.3 is 10.6 Å². The van der Waals surface area contributed by atoms with Crippen molar-refractivity contribution in [2.45, 2.75) is 51.5 Å². The number of para-hydroxylation sites is 1. The first-order chi connectivity index (χ1) is 13.0. The molecule has 0 aliphatic heterocycles. The summed E-state index contributed by atoms with van der Waals surface area (Å²) >= 11 is 0. The largest absolute Gasteiger partial charge is 0.358 e. The van der Waals surface area contributed by atoms with Gasteiger partial charge >= 0.3 is 0 Å². The molecule has 4 aliphatic rings. The van der Waals surface area contributed by atoms with Crippen LogP contribution in [0.2, 0.25) is 0 Å². The van der Waals surface area contributed by atoms with E-state index in [1.807, 2.05) is 6.07 Å². The van der Waals surface area contributed by atoms with Crippen molar-refractivity contribution in [3.63, 3.8) is 0 Å². The summed E-state index contributed by atoms with van der Waals surface area (Å²) in [6.07, 6.45) is 8.94. The molecule has 4 fully saturated rings. The van der Waals surface area contributed by atoms with Gasteiger partial charge in [0.15, 0.2) is 0 Å². The smallest absolute Gasteiger partial charge is 0.263 e. The quantitative estimate of drug-likeness (QED) is 0.600. The minimum absolute atomic E-state index is 0.0326. The first-order valence-electron chi connectivity index (χ1n) is 9.91. The highest BCUT2D eigenvalue weighted by Crippen LogP contribution is 2.61. The standard InChI is InChI=1S/C22H26FN3O/c1-14(22-9-15-6-16(10-22)8-17(7-15)11-22)26-21(27)18(12-24)13-25-20-5-3-2-4-19(20)23/h2-5,13-17,25H,6-11H2,1H3,(H,26,27)/b18-13-. The molecule has 1 amide bonds. The molecule has 27 heavy (non-hydrogen) atoms. The number of hydrogen-bond donors (Lipinski definition) is 2. The predicted molar refractivity (Wildman–Crippen MR) is 102 cm³/mol. The number of nitriles is 1. The van der Waals surface area contributed by atoms with E-state index in [0.717, 1.165) is 17.8 Å². The first-order valence-corrected chi connectivity index (χ1v) is 9.91. The van der Waals surface area contributed by atoms with Crippen molar-refractivity contribution < 1.29 is 9.18 Å². The van der Waals surface area contributed by atoms with Gasteiger partial charge in [0.2, 0.25) is 0 Å². The van der Waals surface area contributed by atoms with Crippen LogP contribution in [0.3, 0.4) is 0 Å². The number of nitrogens with zero attached hydrogens (tertiary/aromatic N) is 1. The highest BCUT2D eigenvalue weighted by Gasteiger charge is 2.53. The molecule has 1 aromatic carbocycles. The van der Waals surface area contributed by atoms with Gasteiger partial charge in [-0.3, -0.25) is 4.79 Å². The fraction of sp³-hybridized carbons (Fsp3) is 0.545. The number of amides is 1. The van der Waals surface area contributed by atoms with Gasteiger partial charge in [0.25, 0.3) is 5.91 Å². The van der Waals surface area contributed by atoms with E-state index in [-0.39, 0.29) is 28.6 Å².